The van der Waals surface area contributed by atoms with Gasteiger partial charge in [0.05, 0.1) is 19.5 Å². The highest BCUT2D eigenvalue weighted by Crippen LogP contribution is 2.44. The van der Waals surface area contributed by atoms with Crippen LogP contribution < -0.4 is 9.47 Å². The van der Waals surface area contributed by atoms with Crippen LogP contribution in [-0.4, -0.2) is 24.6 Å². The van der Waals surface area contributed by atoms with Crippen LogP contribution in [0.25, 0.3) is 0 Å². The van der Waals surface area contributed by atoms with Crippen molar-refractivity contribution >= 4 is 23.5 Å². The van der Waals surface area contributed by atoms with Crippen molar-refractivity contribution in [3.8, 4) is 28.1 Å². The van der Waals surface area contributed by atoms with Crippen molar-refractivity contribution < 1.29 is 14.6 Å². The summed E-state index contributed by atoms with van der Waals surface area (Å²) in [4.78, 5) is 0. The van der Waals surface area contributed by atoms with Crippen molar-refractivity contribution in [3.05, 3.63) is 17.7 Å². The van der Waals surface area contributed by atoms with Crippen LogP contribution in [0.5, 0.6) is 17.2 Å². The lowest BCUT2D eigenvalue weighted by molar-refractivity contribution is 0.339. The van der Waals surface area contributed by atoms with Crippen LogP contribution in [0.4, 0.5) is 0 Å². The fourth-order valence-corrected chi connectivity index (χ4v) is 3.07. The summed E-state index contributed by atoms with van der Waals surface area (Å²) in [6.45, 7) is 1.87. The summed E-state index contributed by atoms with van der Waals surface area (Å²) in [6, 6.07) is 3.31. The Morgan fingerprint density at radius 2 is 1.60 bits per heavy atom. The molecular weight excluding hydrogens is 296 g/mol. The zero-order valence-corrected chi connectivity index (χ0v) is 12.9. The number of nitriles is 2. The van der Waals surface area contributed by atoms with Gasteiger partial charge in [-0.15, -0.1) is 0 Å². The van der Waals surface area contributed by atoms with Gasteiger partial charge in [0, 0.05) is 5.25 Å². The summed E-state index contributed by atoms with van der Waals surface area (Å²) in [7, 11) is 2.89. The standard InChI is InChI=1S/C13H14N2O3S2/c1-8(19-6-14)13(20-7-15)9-4-10(17-2)12(16)11(5-9)18-3/h4-5,8,13,16H,1-3H3/t8-,13+/m0/s1. The summed E-state index contributed by atoms with van der Waals surface area (Å²) in [6.07, 6.45) is 0. The molecule has 1 aromatic carbocycles. The van der Waals surface area contributed by atoms with E-state index >= 15 is 0 Å². The van der Waals surface area contributed by atoms with E-state index in [0.717, 1.165) is 29.1 Å². The maximum atomic E-state index is 9.89. The average molecular weight is 310 g/mol. The smallest absolute Gasteiger partial charge is 0.200 e. The van der Waals surface area contributed by atoms with Gasteiger partial charge >= 0.3 is 0 Å². The Labute approximate surface area is 126 Å². The molecule has 0 aromatic heterocycles. The third-order valence-electron chi connectivity index (χ3n) is 2.68. The minimum absolute atomic E-state index is 0.0833. The van der Waals surface area contributed by atoms with Crippen LogP contribution in [0.1, 0.15) is 17.7 Å². The molecule has 0 aliphatic heterocycles. The number of nitrogens with zero attached hydrogens (tertiary/aromatic N) is 2. The fraction of sp³-hybridized carbons (Fsp3) is 0.385. The highest BCUT2D eigenvalue weighted by Gasteiger charge is 2.24. The summed E-state index contributed by atoms with van der Waals surface area (Å²) in [5.74, 6) is 0.467. The summed E-state index contributed by atoms with van der Waals surface area (Å²) in [5, 5.41) is 31.3. The van der Waals surface area contributed by atoms with Gasteiger partial charge in [0.25, 0.3) is 0 Å². The first kappa shape index (κ1) is 16.4. The van der Waals surface area contributed by atoms with E-state index in [2.05, 4.69) is 0 Å². The zero-order valence-electron chi connectivity index (χ0n) is 11.3. The molecule has 20 heavy (non-hydrogen) atoms. The number of benzene rings is 1. The lowest BCUT2D eigenvalue weighted by Crippen LogP contribution is -2.08. The average Bonchev–Trinajstić information content (AvgIpc) is 2.45. The number of thioether (sulfide) groups is 2. The summed E-state index contributed by atoms with van der Waals surface area (Å²) < 4.78 is 10.2. The molecular formula is C13H14N2O3S2. The molecule has 0 aliphatic carbocycles. The number of hydrogen-bond acceptors (Lipinski definition) is 7. The van der Waals surface area contributed by atoms with Gasteiger partial charge in [-0.2, -0.15) is 10.5 Å². The predicted molar refractivity (Wildman–Crippen MR) is 79.8 cm³/mol. The monoisotopic (exact) mass is 310 g/mol. The number of methoxy groups -OCH3 is 2. The molecule has 0 unspecified atom stereocenters. The molecule has 0 fully saturated rings. The maximum Gasteiger partial charge on any atom is 0.200 e. The van der Waals surface area contributed by atoms with Crippen LogP contribution in [0, 0.1) is 21.3 Å². The topological polar surface area (TPSA) is 86.3 Å². The zero-order chi connectivity index (χ0) is 15.1. The van der Waals surface area contributed by atoms with Crippen molar-refractivity contribution in [2.45, 2.75) is 17.4 Å². The highest BCUT2D eigenvalue weighted by atomic mass is 32.2. The van der Waals surface area contributed by atoms with Crippen molar-refractivity contribution in [3.63, 3.8) is 0 Å². The summed E-state index contributed by atoms with van der Waals surface area (Å²) >= 11 is 2.16. The number of phenolic OH excluding ortho intramolecular Hbond substituents is 1. The van der Waals surface area contributed by atoms with E-state index in [-0.39, 0.29) is 27.7 Å². The van der Waals surface area contributed by atoms with E-state index in [1.807, 2.05) is 17.7 Å². The molecule has 0 heterocycles. The highest BCUT2D eigenvalue weighted by molar-refractivity contribution is 8.07. The first-order chi connectivity index (χ1) is 9.58. The molecule has 5 nitrogen and oxygen atoms in total. The number of aromatic hydroxyl groups is 1. The molecule has 106 valence electrons. The molecule has 0 spiro atoms. The second kappa shape index (κ2) is 7.78. The second-order valence-electron chi connectivity index (χ2n) is 3.82. The van der Waals surface area contributed by atoms with Crippen LogP contribution in [0.2, 0.25) is 0 Å². The Morgan fingerprint density at radius 1 is 1.10 bits per heavy atom. The molecule has 1 N–H and O–H groups in total. The molecule has 0 bridgehead atoms. The Balaban J connectivity index is 3.27. The van der Waals surface area contributed by atoms with Gasteiger partial charge in [-0.05, 0) is 41.2 Å². The van der Waals surface area contributed by atoms with Crippen LogP contribution in [0.15, 0.2) is 12.1 Å². The molecule has 7 heteroatoms. The fourth-order valence-electron chi connectivity index (χ4n) is 1.71. The van der Waals surface area contributed by atoms with Crippen LogP contribution in [0.3, 0.4) is 0 Å². The summed E-state index contributed by atoms with van der Waals surface area (Å²) in [5.41, 5.74) is 0.762. The largest absolute Gasteiger partial charge is 0.502 e. The first-order valence-corrected chi connectivity index (χ1v) is 7.39. The quantitative estimate of drug-likeness (QED) is 0.807. The van der Waals surface area contributed by atoms with E-state index < -0.39 is 0 Å². The molecule has 1 aromatic rings. The van der Waals surface area contributed by atoms with E-state index in [4.69, 9.17) is 20.0 Å². The number of hydrogen-bond donors (Lipinski definition) is 1. The van der Waals surface area contributed by atoms with E-state index in [9.17, 15) is 5.11 Å². The number of ether oxygens (including phenoxy) is 2. The molecule has 0 saturated heterocycles. The lowest BCUT2D eigenvalue weighted by Gasteiger charge is -2.20. The van der Waals surface area contributed by atoms with Crippen LogP contribution in [-0.2, 0) is 0 Å². The molecule has 2 atom stereocenters. The number of thiocyanates is 2. The Kier molecular flexibility index (Phi) is 6.37. The molecule has 0 aliphatic rings. The molecule has 0 radical (unpaired) electrons. The molecule has 0 amide bonds. The minimum atomic E-state index is -0.229. The van der Waals surface area contributed by atoms with Gasteiger partial charge in [0.2, 0.25) is 5.75 Å². The van der Waals surface area contributed by atoms with Crippen molar-refractivity contribution in [1.82, 2.24) is 0 Å². The normalized spacial score (nSPS) is 12.8. The molecule has 0 saturated carbocycles. The van der Waals surface area contributed by atoms with Crippen molar-refractivity contribution in [2.75, 3.05) is 14.2 Å². The van der Waals surface area contributed by atoms with Gasteiger partial charge in [0.1, 0.15) is 10.8 Å². The Morgan fingerprint density at radius 3 is 2.00 bits per heavy atom. The maximum absolute atomic E-state index is 9.89. The van der Waals surface area contributed by atoms with Gasteiger partial charge in [-0.1, -0.05) is 6.92 Å². The van der Waals surface area contributed by atoms with E-state index in [1.54, 1.807) is 12.1 Å². The molecule has 1 rings (SSSR count). The van der Waals surface area contributed by atoms with Gasteiger partial charge in [-0.3, -0.25) is 0 Å². The second-order valence-corrected chi connectivity index (χ2v) is 5.91. The lowest BCUT2D eigenvalue weighted by atomic mass is 10.1. The SMILES string of the molecule is COc1cc([C@H](SC#N)[C@H](C)SC#N)cc(OC)c1O. The third-order valence-corrected chi connectivity index (χ3v) is 4.64. The van der Waals surface area contributed by atoms with E-state index in [0.29, 0.717) is 0 Å². The Bertz CT molecular complexity index is 527. The number of rotatable bonds is 6. The van der Waals surface area contributed by atoms with E-state index in [1.165, 1.54) is 14.2 Å². The Hall–Kier alpha value is -1.70. The van der Waals surface area contributed by atoms with Gasteiger partial charge < -0.3 is 14.6 Å². The van der Waals surface area contributed by atoms with Gasteiger partial charge in [-0.25, -0.2) is 0 Å². The first-order valence-electron chi connectivity index (χ1n) is 5.63. The van der Waals surface area contributed by atoms with Gasteiger partial charge in [0.15, 0.2) is 11.5 Å². The van der Waals surface area contributed by atoms with Crippen molar-refractivity contribution in [1.29, 1.82) is 10.5 Å². The predicted octanol–water partition coefficient (Wildman–Crippen LogP) is 3.27. The van der Waals surface area contributed by atoms with Crippen molar-refractivity contribution in [2.24, 2.45) is 0 Å². The minimum Gasteiger partial charge on any atom is -0.502 e. The van der Waals surface area contributed by atoms with Crippen LogP contribution >= 0.6 is 23.5 Å². The third kappa shape index (κ3) is 3.66. The number of phenols is 1.